The highest BCUT2D eigenvalue weighted by Gasteiger charge is 2.18. The van der Waals surface area contributed by atoms with Crippen molar-refractivity contribution in [3.05, 3.63) is 47.3 Å². The van der Waals surface area contributed by atoms with Gasteiger partial charge in [0.05, 0.1) is 10.3 Å². The van der Waals surface area contributed by atoms with Gasteiger partial charge in [0.1, 0.15) is 0 Å². The maximum Gasteiger partial charge on any atom is 0.0752 e. The number of aromatic nitrogens is 2. The molecule has 118 valence electrons. The topological polar surface area (TPSA) is 29.9 Å². The molecular weight excluding hydrogens is 310 g/mol. The molecule has 1 aromatic carbocycles. The Morgan fingerprint density at radius 3 is 2.82 bits per heavy atom. The second kappa shape index (κ2) is 7.01. The Balaban J connectivity index is 1.70. The Kier molecular flexibility index (Phi) is 5.03. The molecule has 1 fully saturated rings. The number of rotatable bonds is 5. The summed E-state index contributed by atoms with van der Waals surface area (Å²) >= 11 is 4.10. The van der Waals surface area contributed by atoms with E-state index in [-0.39, 0.29) is 0 Å². The van der Waals surface area contributed by atoms with E-state index in [4.69, 9.17) is 0 Å². The van der Waals surface area contributed by atoms with Crippen LogP contribution in [0, 0.1) is 0 Å². The standard InChI is InChI=1S/C17H23N3S2/c1-12(2)16-14(11-20(3)19-16)10-18-15-6-4-5-13(9-15)17-21-7-8-22-17/h4-6,9,11-12,17-18H,7-8,10H2,1-3H3. The summed E-state index contributed by atoms with van der Waals surface area (Å²) < 4.78 is 2.51. The average Bonchev–Trinajstić information content (AvgIpc) is 3.15. The number of thioether (sulfide) groups is 2. The van der Waals surface area contributed by atoms with E-state index in [1.165, 1.54) is 34.0 Å². The highest BCUT2D eigenvalue weighted by atomic mass is 32.2. The SMILES string of the molecule is CC(C)c1nn(C)cc1CNc1cccc(C2SCCS2)c1. The number of nitrogens with one attached hydrogen (secondary N) is 1. The fraction of sp³-hybridized carbons (Fsp3) is 0.471. The van der Waals surface area contributed by atoms with E-state index in [1.807, 2.05) is 11.7 Å². The van der Waals surface area contributed by atoms with Gasteiger partial charge in [-0.25, -0.2) is 0 Å². The molecule has 3 rings (SSSR count). The van der Waals surface area contributed by atoms with Gasteiger partial charge >= 0.3 is 0 Å². The summed E-state index contributed by atoms with van der Waals surface area (Å²) in [6.07, 6.45) is 2.12. The van der Waals surface area contributed by atoms with Crippen LogP contribution in [0.15, 0.2) is 30.5 Å². The van der Waals surface area contributed by atoms with Crippen molar-refractivity contribution in [1.82, 2.24) is 9.78 Å². The second-order valence-corrected chi connectivity index (χ2v) is 8.64. The van der Waals surface area contributed by atoms with Gasteiger partial charge in [-0.1, -0.05) is 26.0 Å². The normalized spacial score (nSPS) is 15.6. The molecule has 0 radical (unpaired) electrons. The first kappa shape index (κ1) is 15.8. The third-order valence-electron chi connectivity index (χ3n) is 3.75. The maximum atomic E-state index is 4.57. The van der Waals surface area contributed by atoms with Gasteiger partial charge in [0.2, 0.25) is 0 Å². The van der Waals surface area contributed by atoms with Crippen molar-refractivity contribution in [3.63, 3.8) is 0 Å². The molecule has 1 N–H and O–H groups in total. The first-order chi connectivity index (χ1) is 10.6. The summed E-state index contributed by atoms with van der Waals surface area (Å²) in [7, 11) is 1.99. The fourth-order valence-electron chi connectivity index (χ4n) is 2.72. The molecule has 2 heterocycles. The number of hydrogen-bond acceptors (Lipinski definition) is 4. The van der Waals surface area contributed by atoms with Gasteiger partial charge in [-0.2, -0.15) is 5.10 Å². The Hall–Kier alpha value is -1.07. The van der Waals surface area contributed by atoms with Crippen LogP contribution in [-0.2, 0) is 13.6 Å². The molecular formula is C17H23N3S2. The highest BCUT2D eigenvalue weighted by molar-refractivity contribution is 8.19. The molecule has 1 aromatic heterocycles. The number of anilines is 1. The quantitative estimate of drug-likeness (QED) is 0.864. The van der Waals surface area contributed by atoms with E-state index < -0.39 is 0 Å². The summed E-state index contributed by atoms with van der Waals surface area (Å²) in [5, 5.41) is 8.13. The lowest BCUT2D eigenvalue weighted by atomic mass is 10.1. The zero-order valence-electron chi connectivity index (χ0n) is 13.4. The zero-order valence-corrected chi connectivity index (χ0v) is 15.0. The highest BCUT2D eigenvalue weighted by Crippen LogP contribution is 2.45. The van der Waals surface area contributed by atoms with Crippen LogP contribution in [0.2, 0.25) is 0 Å². The number of aryl methyl sites for hydroxylation is 1. The molecule has 0 unspecified atom stereocenters. The first-order valence-corrected chi connectivity index (χ1v) is 9.82. The molecule has 0 saturated carbocycles. The van der Waals surface area contributed by atoms with E-state index in [0.717, 1.165) is 6.54 Å². The van der Waals surface area contributed by atoms with Gasteiger partial charge in [-0.3, -0.25) is 4.68 Å². The van der Waals surface area contributed by atoms with Crippen molar-refractivity contribution in [2.45, 2.75) is 30.9 Å². The molecule has 0 spiro atoms. The third kappa shape index (κ3) is 3.63. The van der Waals surface area contributed by atoms with E-state index in [1.54, 1.807) is 0 Å². The molecule has 5 heteroatoms. The summed E-state index contributed by atoms with van der Waals surface area (Å²) in [6.45, 7) is 5.22. The zero-order chi connectivity index (χ0) is 15.5. The van der Waals surface area contributed by atoms with Crippen molar-refractivity contribution < 1.29 is 0 Å². The van der Waals surface area contributed by atoms with Gasteiger partial charge in [0.25, 0.3) is 0 Å². The minimum absolute atomic E-state index is 0.454. The minimum Gasteiger partial charge on any atom is -0.381 e. The molecule has 1 aliphatic rings. The van der Waals surface area contributed by atoms with Gasteiger partial charge in [0, 0.05) is 42.5 Å². The van der Waals surface area contributed by atoms with Crippen LogP contribution in [-0.4, -0.2) is 21.3 Å². The van der Waals surface area contributed by atoms with Crippen LogP contribution in [0.5, 0.6) is 0 Å². The predicted molar refractivity (Wildman–Crippen MR) is 98.7 cm³/mol. The first-order valence-electron chi connectivity index (χ1n) is 7.73. The summed E-state index contributed by atoms with van der Waals surface area (Å²) in [4.78, 5) is 0. The average molecular weight is 334 g/mol. The van der Waals surface area contributed by atoms with Gasteiger partial charge in [0.15, 0.2) is 0 Å². The van der Waals surface area contributed by atoms with E-state index in [9.17, 15) is 0 Å². The van der Waals surface area contributed by atoms with Crippen LogP contribution in [0.3, 0.4) is 0 Å². The van der Waals surface area contributed by atoms with E-state index in [2.05, 4.69) is 78.2 Å². The van der Waals surface area contributed by atoms with Crippen molar-refractivity contribution in [2.75, 3.05) is 16.8 Å². The van der Waals surface area contributed by atoms with Crippen molar-refractivity contribution in [3.8, 4) is 0 Å². The lowest BCUT2D eigenvalue weighted by Gasteiger charge is -2.12. The van der Waals surface area contributed by atoms with Crippen LogP contribution >= 0.6 is 23.5 Å². The van der Waals surface area contributed by atoms with Crippen LogP contribution in [0.1, 0.15) is 41.2 Å². The maximum absolute atomic E-state index is 4.57. The molecule has 0 aliphatic carbocycles. The van der Waals surface area contributed by atoms with Crippen molar-refractivity contribution in [1.29, 1.82) is 0 Å². The van der Waals surface area contributed by atoms with Crippen LogP contribution in [0.25, 0.3) is 0 Å². The molecule has 0 atom stereocenters. The Morgan fingerprint density at radius 1 is 1.32 bits per heavy atom. The monoisotopic (exact) mass is 333 g/mol. The molecule has 2 aromatic rings. The molecule has 1 aliphatic heterocycles. The van der Waals surface area contributed by atoms with Gasteiger partial charge in [-0.05, 0) is 23.6 Å². The summed E-state index contributed by atoms with van der Waals surface area (Å²) in [5.41, 5.74) is 5.09. The Bertz CT molecular complexity index is 631. The minimum atomic E-state index is 0.454. The fourth-order valence-corrected chi connectivity index (χ4v) is 5.56. The van der Waals surface area contributed by atoms with Crippen LogP contribution < -0.4 is 5.32 Å². The van der Waals surface area contributed by atoms with E-state index in [0.29, 0.717) is 10.5 Å². The molecule has 0 bridgehead atoms. The number of benzene rings is 1. The molecule has 22 heavy (non-hydrogen) atoms. The Labute approximate surface area is 141 Å². The summed E-state index contributed by atoms with van der Waals surface area (Å²) in [6, 6.07) is 8.84. The Morgan fingerprint density at radius 2 is 2.09 bits per heavy atom. The van der Waals surface area contributed by atoms with Gasteiger partial charge < -0.3 is 5.32 Å². The third-order valence-corrected chi connectivity index (χ3v) is 6.85. The van der Waals surface area contributed by atoms with Gasteiger partial charge in [-0.15, -0.1) is 23.5 Å². The number of nitrogens with zero attached hydrogens (tertiary/aromatic N) is 2. The van der Waals surface area contributed by atoms with Crippen molar-refractivity contribution >= 4 is 29.2 Å². The largest absolute Gasteiger partial charge is 0.381 e. The van der Waals surface area contributed by atoms with Crippen LogP contribution in [0.4, 0.5) is 5.69 Å². The lowest BCUT2D eigenvalue weighted by Crippen LogP contribution is -2.03. The summed E-state index contributed by atoms with van der Waals surface area (Å²) in [5.74, 6) is 2.98. The van der Waals surface area contributed by atoms with E-state index >= 15 is 0 Å². The smallest absolute Gasteiger partial charge is 0.0752 e. The molecule has 0 amide bonds. The van der Waals surface area contributed by atoms with Crippen molar-refractivity contribution in [2.24, 2.45) is 7.05 Å². The molecule has 3 nitrogen and oxygen atoms in total. The molecule has 1 saturated heterocycles. The predicted octanol–water partition coefficient (Wildman–Crippen LogP) is 4.63. The lowest BCUT2D eigenvalue weighted by molar-refractivity contribution is 0.712. The number of hydrogen-bond donors (Lipinski definition) is 1. The second-order valence-electron chi connectivity index (χ2n) is 5.92.